The summed E-state index contributed by atoms with van der Waals surface area (Å²) in [6.45, 7) is 4.05. The standard InChI is InChI=1S/C18H18ClFN7O.Y/c1-10-5-13-8-18(7-10,17-22-11(2)25-28-17)26(13)23-12-3-4-14(19)15(6-12)27-21-9-16(20)24-27;/h3-4,6,9-10,13H,5,7-8H2,1-2H3;/q-1;. The molecule has 1 saturated heterocycles. The van der Waals surface area contributed by atoms with Crippen molar-refractivity contribution in [3.63, 3.8) is 0 Å². The van der Waals surface area contributed by atoms with Gasteiger partial charge >= 0.3 is 0 Å². The molecule has 1 aliphatic heterocycles. The van der Waals surface area contributed by atoms with Gasteiger partial charge < -0.3 is 15.0 Å². The summed E-state index contributed by atoms with van der Waals surface area (Å²) in [6.07, 6.45) is 3.94. The van der Waals surface area contributed by atoms with Crippen LogP contribution >= 0.6 is 11.6 Å². The van der Waals surface area contributed by atoms with Crippen LogP contribution < -0.4 is 0 Å². The first-order valence-corrected chi connectivity index (χ1v) is 9.52. The quantitative estimate of drug-likeness (QED) is 0.547. The van der Waals surface area contributed by atoms with Crippen LogP contribution in [0.2, 0.25) is 5.02 Å². The van der Waals surface area contributed by atoms with Crippen LogP contribution in [0.1, 0.15) is 37.9 Å². The number of aryl methyl sites for hydroxylation is 1. The first-order chi connectivity index (χ1) is 13.4. The first kappa shape index (κ1) is 20.8. The maximum absolute atomic E-state index is 13.3. The fourth-order valence-corrected chi connectivity index (χ4v) is 4.62. The van der Waals surface area contributed by atoms with Crippen LogP contribution in [0, 0.1) is 18.8 Å². The minimum atomic E-state index is -0.671. The molecule has 2 bridgehead atoms. The van der Waals surface area contributed by atoms with Gasteiger partial charge in [0.2, 0.25) is 5.89 Å². The topological polar surface area (TPSA) is 87.0 Å². The Hall–Kier alpha value is -1.42. The number of halogens is 2. The van der Waals surface area contributed by atoms with Crippen LogP contribution in [-0.2, 0) is 38.2 Å². The third-order valence-electron chi connectivity index (χ3n) is 5.48. The molecule has 11 heteroatoms. The van der Waals surface area contributed by atoms with Crippen molar-refractivity contribution in [1.82, 2.24) is 30.1 Å². The number of aromatic nitrogens is 5. The second-order valence-corrected chi connectivity index (χ2v) is 8.03. The Kier molecular flexibility index (Phi) is 5.52. The second kappa shape index (κ2) is 7.68. The smallest absolute Gasteiger partial charge is 0.253 e. The Balaban J connectivity index is 0.00000205. The summed E-state index contributed by atoms with van der Waals surface area (Å²) in [5.41, 5.74) is 5.63. The van der Waals surface area contributed by atoms with Gasteiger partial charge in [-0.25, -0.2) is 0 Å². The van der Waals surface area contributed by atoms with Crippen molar-refractivity contribution >= 4 is 17.3 Å². The van der Waals surface area contributed by atoms with Crippen molar-refractivity contribution in [3.8, 4) is 5.69 Å². The Morgan fingerprint density at radius 2 is 2.17 bits per heavy atom. The van der Waals surface area contributed by atoms with Crippen LogP contribution in [0.5, 0.6) is 0 Å². The van der Waals surface area contributed by atoms with E-state index in [0.29, 0.717) is 40.1 Å². The Morgan fingerprint density at radius 3 is 2.86 bits per heavy atom. The molecule has 1 saturated carbocycles. The molecular weight excluding hydrogens is 474 g/mol. The molecule has 3 unspecified atom stereocenters. The molecule has 1 radical (unpaired) electrons. The molecule has 3 atom stereocenters. The first-order valence-electron chi connectivity index (χ1n) is 9.14. The Bertz CT molecular complexity index is 1040. The zero-order chi connectivity index (χ0) is 19.5. The van der Waals surface area contributed by atoms with Gasteiger partial charge in [-0.3, -0.25) is 0 Å². The van der Waals surface area contributed by atoms with Crippen molar-refractivity contribution in [2.24, 2.45) is 5.92 Å². The summed E-state index contributed by atoms with van der Waals surface area (Å²) in [5, 5.41) is 14.0. The van der Waals surface area contributed by atoms with E-state index in [-0.39, 0.29) is 38.2 Å². The summed E-state index contributed by atoms with van der Waals surface area (Å²) in [4.78, 5) is 5.65. The van der Waals surface area contributed by atoms with Crippen LogP contribution in [-0.4, -0.2) is 36.2 Å². The van der Waals surface area contributed by atoms with Gasteiger partial charge in [-0.1, -0.05) is 29.7 Å². The van der Waals surface area contributed by atoms with E-state index in [2.05, 4.69) is 32.3 Å². The van der Waals surface area contributed by atoms with E-state index in [1.165, 1.54) is 0 Å². The zero-order valence-corrected chi connectivity index (χ0v) is 19.6. The fourth-order valence-electron chi connectivity index (χ4n) is 4.43. The van der Waals surface area contributed by atoms with Crippen LogP contribution in [0.3, 0.4) is 0 Å². The Labute approximate surface area is 197 Å². The minimum Gasteiger partial charge on any atom is -0.619 e. The van der Waals surface area contributed by atoms with Gasteiger partial charge in [-0.05, 0) is 50.3 Å². The van der Waals surface area contributed by atoms with E-state index >= 15 is 0 Å². The normalized spacial score (nSPS) is 25.9. The maximum atomic E-state index is 13.3. The molecule has 0 spiro atoms. The van der Waals surface area contributed by atoms with E-state index in [4.69, 9.17) is 21.5 Å². The fraction of sp³-hybridized carbons (Fsp3) is 0.444. The molecule has 2 fully saturated rings. The van der Waals surface area contributed by atoms with E-state index in [9.17, 15) is 4.39 Å². The minimum absolute atomic E-state index is 0. The third-order valence-corrected chi connectivity index (χ3v) is 5.80. The van der Waals surface area contributed by atoms with E-state index in [1.807, 2.05) is 13.0 Å². The van der Waals surface area contributed by atoms with Crippen LogP contribution in [0.25, 0.3) is 11.1 Å². The van der Waals surface area contributed by atoms with Gasteiger partial charge in [-0.15, -0.1) is 15.6 Å². The van der Waals surface area contributed by atoms with Crippen molar-refractivity contribution in [1.29, 1.82) is 0 Å². The Morgan fingerprint density at radius 1 is 1.34 bits per heavy atom. The molecule has 2 aliphatic rings. The van der Waals surface area contributed by atoms with Crippen LogP contribution in [0.15, 0.2) is 28.9 Å². The monoisotopic (exact) mass is 491 g/mol. The molecule has 0 N–H and O–H groups in total. The summed E-state index contributed by atoms with van der Waals surface area (Å²) >= 11 is 6.25. The van der Waals surface area contributed by atoms with Crippen molar-refractivity contribution < 1.29 is 41.6 Å². The SMILES string of the molecule is Cc1noc(C23CC(C)CC(C2)N3[N-]c2ccc(Cl)c(-n3ncc(F)n3)c2)n1.[Y]. The summed E-state index contributed by atoms with van der Waals surface area (Å²) in [5.74, 6) is 1.11. The summed E-state index contributed by atoms with van der Waals surface area (Å²) < 4.78 is 18.8. The maximum Gasteiger partial charge on any atom is 0.253 e. The number of fused-ring (bicyclic) bond motifs is 2. The number of nitrogens with zero attached hydrogens (tertiary/aromatic N) is 7. The number of piperidine rings is 1. The molecule has 5 rings (SSSR count). The van der Waals surface area contributed by atoms with Gasteiger partial charge in [0.15, 0.2) is 5.82 Å². The summed E-state index contributed by atoms with van der Waals surface area (Å²) in [6, 6.07) is 5.58. The van der Waals surface area contributed by atoms with Crippen molar-refractivity contribution in [2.75, 3.05) is 0 Å². The third kappa shape index (κ3) is 3.52. The predicted octanol–water partition coefficient (Wildman–Crippen LogP) is 4.07. The van der Waals surface area contributed by atoms with E-state index in [1.54, 1.807) is 12.1 Å². The van der Waals surface area contributed by atoms with Gasteiger partial charge in [-0.2, -0.15) is 14.5 Å². The molecule has 1 aliphatic carbocycles. The summed E-state index contributed by atoms with van der Waals surface area (Å²) in [7, 11) is 0. The van der Waals surface area contributed by atoms with Crippen molar-refractivity contribution in [2.45, 2.75) is 44.7 Å². The van der Waals surface area contributed by atoms with Gasteiger partial charge in [0, 0.05) is 32.7 Å². The van der Waals surface area contributed by atoms with E-state index in [0.717, 1.165) is 30.3 Å². The van der Waals surface area contributed by atoms with Gasteiger partial charge in [0.05, 0.1) is 10.6 Å². The molecule has 29 heavy (non-hydrogen) atoms. The number of hydrogen-bond acceptors (Lipinski definition) is 6. The molecule has 149 valence electrons. The number of benzene rings is 1. The molecular formula is C18H18ClFN7OY-. The largest absolute Gasteiger partial charge is 0.619 e. The van der Waals surface area contributed by atoms with Gasteiger partial charge in [0.1, 0.15) is 11.9 Å². The molecule has 1 aromatic carbocycles. The zero-order valence-electron chi connectivity index (χ0n) is 16.0. The molecule has 0 amide bonds. The second-order valence-electron chi connectivity index (χ2n) is 7.62. The number of rotatable bonds is 4. The van der Waals surface area contributed by atoms with Gasteiger partial charge in [0.25, 0.3) is 5.95 Å². The molecule has 8 nitrogen and oxygen atoms in total. The van der Waals surface area contributed by atoms with E-state index < -0.39 is 5.95 Å². The van der Waals surface area contributed by atoms with Crippen molar-refractivity contribution in [3.05, 3.63) is 52.5 Å². The van der Waals surface area contributed by atoms with Crippen LogP contribution in [0.4, 0.5) is 10.1 Å². The average molecular weight is 492 g/mol. The molecule has 3 aromatic rings. The molecule has 2 aromatic heterocycles. The average Bonchev–Trinajstić information content (AvgIpc) is 3.29. The number of hydrogen-bond donors (Lipinski definition) is 0. The molecule has 3 heterocycles. The predicted molar refractivity (Wildman–Crippen MR) is 98.7 cm³/mol.